The zero-order valence-electron chi connectivity index (χ0n) is 16.9. The van der Waals surface area contributed by atoms with E-state index in [1.807, 2.05) is 6.92 Å². The predicted molar refractivity (Wildman–Crippen MR) is 111 cm³/mol. The number of Topliss-reactive ketones (excluding diaryl/α,β-unsaturated/α-hetero) is 1. The fourth-order valence-corrected chi connectivity index (χ4v) is 4.87. The largest absolute Gasteiger partial charge is 0.341 e. The van der Waals surface area contributed by atoms with Gasteiger partial charge in [0.1, 0.15) is 5.82 Å². The second-order valence-corrected chi connectivity index (χ2v) is 9.32. The Hall–Kier alpha value is -2.58. The number of carbonyl (C=O) groups excluding carboxylic acids is 2. The van der Waals surface area contributed by atoms with Gasteiger partial charge in [-0.05, 0) is 49.7 Å². The highest BCUT2D eigenvalue weighted by molar-refractivity contribution is 7.89. The molecule has 2 aromatic rings. The van der Waals surface area contributed by atoms with Crippen LogP contribution < -0.4 is 0 Å². The van der Waals surface area contributed by atoms with Crippen LogP contribution in [0.15, 0.2) is 53.4 Å². The Morgan fingerprint density at radius 2 is 1.57 bits per heavy atom. The van der Waals surface area contributed by atoms with Crippen LogP contribution in [0.5, 0.6) is 0 Å². The summed E-state index contributed by atoms with van der Waals surface area (Å²) in [6.07, 6.45) is 0.607. The molecule has 0 spiro atoms. The quantitative estimate of drug-likeness (QED) is 0.658. The van der Waals surface area contributed by atoms with Crippen molar-refractivity contribution >= 4 is 21.7 Å². The van der Waals surface area contributed by atoms with Crippen molar-refractivity contribution in [2.45, 2.75) is 31.1 Å². The van der Waals surface area contributed by atoms with E-state index in [0.717, 1.165) is 5.56 Å². The number of aryl methyl sites for hydroxylation is 1. The first kappa shape index (κ1) is 22.1. The second-order valence-electron chi connectivity index (χ2n) is 7.38. The van der Waals surface area contributed by atoms with Crippen LogP contribution >= 0.6 is 0 Å². The van der Waals surface area contributed by atoms with Crippen molar-refractivity contribution in [1.82, 2.24) is 9.21 Å². The Kier molecular flexibility index (Phi) is 6.99. The summed E-state index contributed by atoms with van der Waals surface area (Å²) in [5, 5.41) is 0. The molecule has 160 valence electrons. The summed E-state index contributed by atoms with van der Waals surface area (Å²) in [5.74, 6) is -0.820. The van der Waals surface area contributed by atoms with E-state index in [1.165, 1.54) is 28.6 Å². The maximum Gasteiger partial charge on any atom is 0.243 e. The molecule has 1 amide bonds. The topological polar surface area (TPSA) is 74.8 Å². The number of hydrogen-bond acceptors (Lipinski definition) is 4. The molecule has 0 bridgehead atoms. The molecule has 0 atom stereocenters. The number of sulfonamides is 1. The number of nitrogens with zero attached hydrogens (tertiary/aromatic N) is 2. The molecule has 1 fully saturated rings. The Bertz CT molecular complexity index is 1000. The van der Waals surface area contributed by atoms with E-state index < -0.39 is 15.8 Å². The molecule has 6 nitrogen and oxygen atoms in total. The number of halogens is 1. The van der Waals surface area contributed by atoms with E-state index >= 15 is 0 Å². The van der Waals surface area contributed by atoms with E-state index in [-0.39, 0.29) is 42.5 Å². The van der Waals surface area contributed by atoms with Crippen LogP contribution in [0.1, 0.15) is 35.2 Å². The van der Waals surface area contributed by atoms with Gasteiger partial charge in [0, 0.05) is 44.6 Å². The van der Waals surface area contributed by atoms with Gasteiger partial charge in [-0.3, -0.25) is 9.59 Å². The first-order valence-corrected chi connectivity index (χ1v) is 11.3. The Morgan fingerprint density at radius 1 is 0.900 bits per heavy atom. The van der Waals surface area contributed by atoms with E-state index in [1.54, 1.807) is 29.2 Å². The number of ketones is 1. The van der Waals surface area contributed by atoms with E-state index in [9.17, 15) is 22.4 Å². The molecule has 1 heterocycles. The molecule has 3 rings (SSSR count). The summed E-state index contributed by atoms with van der Waals surface area (Å²) in [7, 11) is -3.61. The van der Waals surface area contributed by atoms with Gasteiger partial charge in [-0.15, -0.1) is 0 Å². The van der Waals surface area contributed by atoms with Gasteiger partial charge in [0.2, 0.25) is 15.9 Å². The van der Waals surface area contributed by atoms with Crippen molar-refractivity contribution in [3.8, 4) is 0 Å². The fraction of sp³-hybridized carbons (Fsp3) is 0.364. The summed E-state index contributed by atoms with van der Waals surface area (Å²) in [6.45, 7) is 3.19. The van der Waals surface area contributed by atoms with E-state index in [4.69, 9.17) is 0 Å². The molecule has 0 N–H and O–H groups in total. The van der Waals surface area contributed by atoms with Crippen molar-refractivity contribution in [3.05, 3.63) is 65.5 Å². The minimum Gasteiger partial charge on any atom is -0.341 e. The first-order chi connectivity index (χ1) is 14.3. The van der Waals surface area contributed by atoms with Crippen LogP contribution in [0.4, 0.5) is 4.39 Å². The predicted octanol–water partition coefficient (Wildman–Crippen LogP) is 3.02. The van der Waals surface area contributed by atoms with Gasteiger partial charge < -0.3 is 4.90 Å². The Morgan fingerprint density at radius 3 is 2.23 bits per heavy atom. The number of rotatable bonds is 6. The zero-order chi connectivity index (χ0) is 21.7. The summed E-state index contributed by atoms with van der Waals surface area (Å²) < 4.78 is 40.1. The normalized spacial score (nSPS) is 15.6. The molecule has 0 unspecified atom stereocenters. The lowest BCUT2D eigenvalue weighted by atomic mass is 10.1. The molecule has 0 aliphatic carbocycles. The van der Waals surface area contributed by atoms with Crippen molar-refractivity contribution in [3.63, 3.8) is 0 Å². The number of carbonyl (C=O) groups is 2. The van der Waals surface area contributed by atoms with E-state index in [0.29, 0.717) is 25.1 Å². The van der Waals surface area contributed by atoms with Gasteiger partial charge in [-0.2, -0.15) is 4.31 Å². The Balaban J connectivity index is 1.56. The van der Waals surface area contributed by atoms with Crippen molar-refractivity contribution in [2.24, 2.45) is 0 Å². The SMILES string of the molecule is Cc1ccc(S(=O)(=O)N2CCCN(C(=O)CCC(=O)c3ccc(F)cc3)CC2)cc1. The maximum atomic E-state index is 13.0. The summed E-state index contributed by atoms with van der Waals surface area (Å²) in [6, 6.07) is 12.0. The minimum absolute atomic E-state index is 0.0341. The van der Waals surface area contributed by atoms with Gasteiger partial charge >= 0.3 is 0 Å². The molecule has 0 saturated carbocycles. The second kappa shape index (κ2) is 9.49. The number of amides is 1. The standard InChI is InChI=1S/C22H25FN2O4S/c1-17-3-9-20(10-4-17)30(28,29)25-14-2-13-24(15-16-25)22(27)12-11-21(26)18-5-7-19(23)8-6-18/h3-10H,2,11-16H2,1H3. The van der Waals surface area contributed by atoms with Gasteiger partial charge in [0.15, 0.2) is 5.78 Å². The number of benzene rings is 2. The molecule has 8 heteroatoms. The monoisotopic (exact) mass is 432 g/mol. The molecule has 1 aliphatic heterocycles. The van der Waals surface area contributed by atoms with Gasteiger partial charge in [0.25, 0.3) is 0 Å². The van der Waals surface area contributed by atoms with Crippen LogP contribution in [0, 0.1) is 12.7 Å². The zero-order valence-corrected chi connectivity index (χ0v) is 17.7. The lowest BCUT2D eigenvalue weighted by Gasteiger charge is -2.22. The third-order valence-corrected chi connectivity index (χ3v) is 7.11. The third kappa shape index (κ3) is 5.31. The molecule has 1 aliphatic rings. The lowest BCUT2D eigenvalue weighted by molar-refractivity contribution is -0.131. The molecule has 0 radical (unpaired) electrons. The van der Waals surface area contributed by atoms with Crippen LogP contribution in [0.3, 0.4) is 0 Å². The maximum absolute atomic E-state index is 13.0. The molecule has 30 heavy (non-hydrogen) atoms. The smallest absolute Gasteiger partial charge is 0.243 e. The average molecular weight is 433 g/mol. The van der Waals surface area contributed by atoms with Crippen molar-refractivity contribution < 1.29 is 22.4 Å². The van der Waals surface area contributed by atoms with Crippen LogP contribution in [-0.2, 0) is 14.8 Å². The third-order valence-electron chi connectivity index (χ3n) is 5.20. The summed E-state index contributed by atoms with van der Waals surface area (Å²) in [5.41, 5.74) is 1.35. The van der Waals surface area contributed by atoms with Crippen molar-refractivity contribution in [2.75, 3.05) is 26.2 Å². The average Bonchev–Trinajstić information content (AvgIpc) is 2.99. The fourth-order valence-electron chi connectivity index (χ4n) is 3.40. The summed E-state index contributed by atoms with van der Waals surface area (Å²) in [4.78, 5) is 26.6. The molecular formula is C22H25FN2O4S. The molecule has 2 aromatic carbocycles. The highest BCUT2D eigenvalue weighted by atomic mass is 32.2. The first-order valence-electron chi connectivity index (χ1n) is 9.91. The van der Waals surface area contributed by atoms with Crippen LogP contribution in [-0.4, -0.2) is 55.5 Å². The highest BCUT2D eigenvalue weighted by Crippen LogP contribution is 2.19. The van der Waals surface area contributed by atoms with Crippen molar-refractivity contribution in [1.29, 1.82) is 0 Å². The number of hydrogen-bond donors (Lipinski definition) is 0. The lowest BCUT2D eigenvalue weighted by Crippen LogP contribution is -2.37. The van der Waals surface area contributed by atoms with Crippen LogP contribution in [0.25, 0.3) is 0 Å². The van der Waals surface area contributed by atoms with E-state index in [2.05, 4.69) is 0 Å². The highest BCUT2D eigenvalue weighted by Gasteiger charge is 2.28. The van der Waals surface area contributed by atoms with Gasteiger partial charge in [-0.25, -0.2) is 12.8 Å². The minimum atomic E-state index is -3.61. The molecular weight excluding hydrogens is 407 g/mol. The summed E-state index contributed by atoms with van der Waals surface area (Å²) >= 11 is 0. The van der Waals surface area contributed by atoms with Gasteiger partial charge in [-0.1, -0.05) is 17.7 Å². The molecule has 1 saturated heterocycles. The van der Waals surface area contributed by atoms with Crippen LogP contribution in [0.2, 0.25) is 0 Å². The Labute approximate surface area is 176 Å². The van der Waals surface area contributed by atoms with Gasteiger partial charge in [0.05, 0.1) is 4.90 Å². The molecule has 0 aromatic heterocycles.